The Bertz CT molecular complexity index is 656. The Morgan fingerprint density at radius 3 is 2.91 bits per heavy atom. The highest BCUT2D eigenvalue weighted by Gasteiger charge is 2.41. The van der Waals surface area contributed by atoms with Crippen LogP contribution < -0.4 is 5.32 Å². The number of piperazine rings is 1. The van der Waals surface area contributed by atoms with Crippen LogP contribution in [0, 0.1) is 6.92 Å². The van der Waals surface area contributed by atoms with Crippen molar-refractivity contribution in [3.8, 4) is 0 Å². The molecule has 1 saturated carbocycles. The molecule has 1 saturated heterocycles. The van der Waals surface area contributed by atoms with Crippen LogP contribution in [-0.2, 0) is 21.2 Å². The van der Waals surface area contributed by atoms with E-state index in [-0.39, 0.29) is 30.3 Å². The van der Waals surface area contributed by atoms with E-state index in [1.165, 1.54) is 15.6 Å². The van der Waals surface area contributed by atoms with Gasteiger partial charge < -0.3 is 5.32 Å². The Balaban J connectivity index is 1.74. The van der Waals surface area contributed by atoms with Crippen LogP contribution in [0.15, 0.2) is 5.51 Å². The minimum atomic E-state index is -3.43. The molecule has 2 fully saturated rings. The summed E-state index contributed by atoms with van der Waals surface area (Å²) in [5, 5.41) is 2.95. The molecular formula is C14H21N3O3S2. The fourth-order valence-corrected chi connectivity index (χ4v) is 5.93. The second-order valence-electron chi connectivity index (χ2n) is 6.00. The number of aryl methyl sites for hydroxylation is 2. The fourth-order valence-electron chi connectivity index (χ4n) is 3.35. The van der Waals surface area contributed by atoms with Crippen molar-refractivity contribution in [2.45, 2.75) is 51.1 Å². The summed E-state index contributed by atoms with van der Waals surface area (Å²) in [5.41, 5.74) is 2.63. The van der Waals surface area contributed by atoms with Crippen LogP contribution in [0.5, 0.6) is 0 Å². The summed E-state index contributed by atoms with van der Waals surface area (Å²) in [6, 6.07) is -0.0890. The molecule has 8 heteroatoms. The van der Waals surface area contributed by atoms with Gasteiger partial charge in [-0.2, -0.15) is 4.31 Å². The Labute approximate surface area is 135 Å². The van der Waals surface area contributed by atoms with Gasteiger partial charge >= 0.3 is 0 Å². The monoisotopic (exact) mass is 343 g/mol. The summed E-state index contributed by atoms with van der Waals surface area (Å²) in [5.74, 6) is -0.132. The zero-order valence-electron chi connectivity index (χ0n) is 12.6. The lowest BCUT2D eigenvalue weighted by Crippen LogP contribution is -2.63. The fraction of sp³-hybridized carbons (Fsp3) is 0.714. The lowest BCUT2D eigenvalue weighted by Gasteiger charge is -2.43. The first-order chi connectivity index (χ1) is 10.5. The molecular weight excluding hydrogens is 322 g/mol. The molecule has 3 rings (SSSR count). The van der Waals surface area contributed by atoms with Gasteiger partial charge in [0.2, 0.25) is 15.9 Å². The van der Waals surface area contributed by atoms with E-state index < -0.39 is 10.0 Å². The molecule has 0 bridgehead atoms. The number of nitrogens with one attached hydrogen (secondary N) is 1. The van der Waals surface area contributed by atoms with Gasteiger partial charge in [-0.3, -0.25) is 4.79 Å². The Morgan fingerprint density at radius 2 is 2.18 bits per heavy atom. The maximum Gasteiger partial charge on any atom is 0.235 e. The molecule has 0 spiro atoms. The smallest absolute Gasteiger partial charge is 0.235 e. The van der Waals surface area contributed by atoms with Gasteiger partial charge in [-0.1, -0.05) is 12.8 Å². The topological polar surface area (TPSA) is 79.4 Å². The predicted octanol–water partition coefficient (Wildman–Crippen LogP) is 1.07. The van der Waals surface area contributed by atoms with E-state index in [9.17, 15) is 13.2 Å². The molecule has 122 valence electrons. The molecule has 1 aliphatic heterocycles. The number of hydrogen-bond donors (Lipinski definition) is 1. The highest BCUT2D eigenvalue weighted by Crippen LogP contribution is 2.28. The SMILES string of the molecule is Cc1ncsc1CCS(=O)(=O)N1CC(=O)NC2CCCCC21. The summed E-state index contributed by atoms with van der Waals surface area (Å²) >= 11 is 1.49. The molecule has 2 aliphatic rings. The number of fused-ring (bicyclic) bond motifs is 1. The Kier molecular flexibility index (Phi) is 4.52. The molecule has 22 heavy (non-hydrogen) atoms. The molecule has 0 radical (unpaired) electrons. The van der Waals surface area contributed by atoms with Crippen LogP contribution in [0.2, 0.25) is 0 Å². The molecule has 2 unspecified atom stereocenters. The maximum atomic E-state index is 12.7. The number of aromatic nitrogens is 1. The zero-order chi connectivity index (χ0) is 15.7. The largest absolute Gasteiger partial charge is 0.351 e. The van der Waals surface area contributed by atoms with E-state index in [1.807, 2.05) is 6.92 Å². The standard InChI is InChI=1S/C14H21N3O3S2/c1-10-13(21-9-15-10)6-7-22(19,20)17-8-14(18)16-11-4-2-3-5-12(11)17/h9,11-12H,2-8H2,1H3,(H,16,18). The first-order valence-corrected chi connectivity index (χ1v) is 10.1. The number of sulfonamides is 1. The van der Waals surface area contributed by atoms with Gasteiger partial charge in [0.25, 0.3) is 0 Å². The number of thiazole rings is 1. The third-order valence-electron chi connectivity index (χ3n) is 4.53. The number of amides is 1. The van der Waals surface area contributed by atoms with Gasteiger partial charge in [0.15, 0.2) is 0 Å². The lowest BCUT2D eigenvalue weighted by atomic mass is 9.89. The van der Waals surface area contributed by atoms with Crippen molar-refractivity contribution < 1.29 is 13.2 Å². The normalized spacial score (nSPS) is 26.5. The molecule has 1 aliphatic carbocycles. The van der Waals surface area contributed by atoms with E-state index in [2.05, 4.69) is 10.3 Å². The van der Waals surface area contributed by atoms with Crippen LogP contribution in [0.4, 0.5) is 0 Å². The van der Waals surface area contributed by atoms with Crippen molar-refractivity contribution in [3.05, 3.63) is 16.1 Å². The van der Waals surface area contributed by atoms with Gasteiger partial charge in [-0.15, -0.1) is 11.3 Å². The predicted molar refractivity (Wildman–Crippen MR) is 85.2 cm³/mol. The summed E-state index contributed by atoms with van der Waals surface area (Å²) in [6.07, 6.45) is 4.25. The van der Waals surface area contributed by atoms with Crippen molar-refractivity contribution in [1.82, 2.24) is 14.6 Å². The summed E-state index contributed by atoms with van der Waals surface area (Å²) in [6.45, 7) is 1.86. The highest BCUT2D eigenvalue weighted by molar-refractivity contribution is 7.89. The third-order valence-corrected chi connectivity index (χ3v) is 7.36. The van der Waals surface area contributed by atoms with Crippen LogP contribution in [-0.4, -0.2) is 48.0 Å². The maximum absolute atomic E-state index is 12.7. The van der Waals surface area contributed by atoms with Gasteiger partial charge in [0.1, 0.15) is 0 Å². The van der Waals surface area contributed by atoms with Gasteiger partial charge in [-0.05, 0) is 26.2 Å². The van der Waals surface area contributed by atoms with Crippen LogP contribution in [0.3, 0.4) is 0 Å². The average molecular weight is 343 g/mol. The molecule has 0 aromatic carbocycles. The molecule has 1 N–H and O–H groups in total. The number of carbonyl (C=O) groups excluding carboxylic acids is 1. The summed E-state index contributed by atoms with van der Waals surface area (Å²) in [7, 11) is -3.43. The van der Waals surface area contributed by atoms with Crippen LogP contribution >= 0.6 is 11.3 Å². The van der Waals surface area contributed by atoms with Crippen LogP contribution in [0.1, 0.15) is 36.3 Å². The molecule has 2 atom stereocenters. The minimum Gasteiger partial charge on any atom is -0.351 e. The number of carbonyl (C=O) groups is 1. The quantitative estimate of drug-likeness (QED) is 0.887. The van der Waals surface area contributed by atoms with E-state index in [1.54, 1.807) is 5.51 Å². The first-order valence-electron chi connectivity index (χ1n) is 7.65. The number of nitrogens with zero attached hydrogens (tertiary/aromatic N) is 2. The molecule has 1 amide bonds. The summed E-state index contributed by atoms with van der Waals surface area (Å²) < 4.78 is 26.9. The van der Waals surface area contributed by atoms with Crippen LogP contribution in [0.25, 0.3) is 0 Å². The van der Waals surface area contributed by atoms with E-state index >= 15 is 0 Å². The van der Waals surface area contributed by atoms with Gasteiger partial charge in [-0.25, -0.2) is 13.4 Å². The van der Waals surface area contributed by atoms with Crippen molar-refractivity contribution in [2.75, 3.05) is 12.3 Å². The second-order valence-corrected chi connectivity index (χ2v) is 8.98. The number of rotatable bonds is 4. The van der Waals surface area contributed by atoms with E-state index in [0.29, 0.717) is 6.42 Å². The third kappa shape index (κ3) is 3.18. The summed E-state index contributed by atoms with van der Waals surface area (Å²) in [4.78, 5) is 17.0. The van der Waals surface area contributed by atoms with Crippen molar-refractivity contribution in [1.29, 1.82) is 0 Å². The van der Waals surface area contributed by atoms with Crippen molar-refractivity contribution >= 4 is 27.3 Å². The van der Waals surface area contributed by atoms with E-state index in [4.69, 9.17) is 0 Å². The molecule has 1 aromatic heterocycles. The Hall–Kier alpha value is -0.990. The second kappa shape index (κ2) is 6.25. The van der Waals surface area contributed by atoms with Gasteiger partial charge in [0, 0.05) is 17.0 Å². The zero-order valence-corrected chi connectivity index (χ0v) is 14.3. The van der Waals surface area contributed by atoms with Crippen molar-refractivity contribution in [2.24, 2.45) is 0 Å². The Morgan fingerprint density at radius 1 is 1.41 bits per heavy atom. The molecule has 6 nitrogen and oxygen atoms in total. The van der Waals surface area contributed by atoms with Crippen molar-refractivity contribution in [3.63, 3.8) is 0 Å². The molecule has 2 heterocycles. The number of hydrogen-bond acceptors (Lipinski definition) is 5. The minimum absolute atomic E-state index is 0.0186. The lowest BCUT2D eigenvalue weighted by molar-refractivity contribution is -0.125. The molecule has 1 aromatic rings. The average Bonchev–Trinajstić information content (AvgIpc) is 2.89. The highest BCUT2D eigenvalue weighted by atomic mass is 32.2. The van der Waals surface area contributed by atoms with Gasteiger partial charge in [0.05, 0.1) is 23.5 Å². The first kappa shape index (κ1) is 15.9. The van der Waals surface area contributed by atoms with E-state index in [0.717, 1.165) is 36.3 Å².